The molecule has 1 amide bonds. The smallest absolute Gasteiger partial charge is 0.264 e. The number of aromatic nitrogens is 2. The van der Waals surface area contributed by atoms with Crippen molar-refractivity contribution in [2.24, 2.45) is 0 Å². The van der Waals surface area contributed by atoms with Gasteiger partial charge in [-0.25, -0.2) is 31.5 Å². The van der Waals surface area contributed by atoms with Crippen LogP contribution in [-0.2, 0) is 24.8 Å². The van der Waals surface area contributed by atoms with E-state index in [1.807, 2.05) is 0 Å². The fraction of sp³-hybridized carbons (Fsp3) is 0.115. The molecule has 0 aliphatic carbocycles. The molecule has 0 aliphatic rings. The molecule has 1 aromatic heterocycles. The van der Waals surface area contributed by atoms with Crippen LogP contribution < -0.4 is 19.1 Å². The topological polar surface area (TPSA) is 148 Å². The Morgan fingerprint density at radius 1 is 0.950 bits per heavy atom. The molecule has 14 heteroatoms. The number of nitrogens with one attached hydrogen (secondary N) is 2. The molecule has 1 heterocycles. The van der Waals surface area contributed by atoms with Crippen LogP contribution in [0.4, 0.5) is 17.3 Å². The van der Waals surface area contributed by atoms with Crippen molar-refractivity contribution < 1.29 is 26.4 Å². The number of anilines is 3. The summed E-state index contributed by atoms with van der Waals surface area (Å²) in [4.78, 5) is 20.8. The zero-order chi connectivity index (χ0) is 28.9. The number of hydrogen-bond acceptors (Lipinski definition) is 8. The van der Waals surface area contributed by atoms with Gasteiger partial charge in [0.1, 0.15) is 12.3 Å². The number of hydrogen-bond donors (Lipinski definition) is 2. The van der Waals surface area contributed by atoms with E-state index in [9.17, 15) is 21.6 Å². The number of carbonyl (C=O) groups is 1. The van der Waals surface area contributed by atoms with Gasteiger partial charge >= 0.3 is 0 Å². The molecular weight excluding hydrogens is 578 g/mol. The number of methoxy groups -OCH3 is 1. The van der Waals surface area contributed by atoms with E-state index < -0.39 is 32.5 Å². The van der Waals surface area contributed by atoms with Crippen LogP contribution >= 0.6 is 11.6 Å². The first-order valence-electron chi connectivity index (χ1n) is 11.6. The number of sulfonamides is 2. The molecule has 0 atom stereocenters. The number of halogens is 1. The lowest BCUT2D eigenvalue weighted by Crippen LogP contribution is -2.38. The Balaban J connectivity index is 1.55. The highest BCUT2D eigenvalue weighted by Crippen LogP contribution is 2.32. The van der Waals surface area contributed by atoms with Gasteiger partial charge in [0, 0.05) is 17.6 Å². The molecule has 4 rings (SSSR count). The van der Waals surface area contributed by atoms with Gasteiger partial charge in [-0.3, -0.25) is 9.10 Å². The molecule has 0 bridgehead atoms. The Hall–Kier alpha value is -4.20. The van der Waals surface area contributed by atoms with E-state index in [1.54, 1.807) is 31.2 Å². The molecule has 0 fully saturated rings. The first kappa shape index (κ1) is 28.8. The lowest BCUT2D eigenvalue weighted by molar-refractivity contribution is -0.114. The molecule has 4 aromatic rings. The molecule has 2 N–H and O–H groups in total. The monoisotopic (exact) mass is 601 g/mol. The fourth-order valence-electron chi connectivity index (χ4n) is 3.57. The SMILES string of the molecule is COc1ccc(N(CC(=O)Nc2ccc(S(=O)(=O)Nc3nccc(C)n3)cc2)S(=O)(=O)c2ccccc2)cc1Cl. The van der Waals surface area contributed by atoms with E-state index in [0.717, 1.165) is 4.31 Å². The van der Waals surface area contributed by atoms with Crippen LogP contribution in [0.15, 0.2) is 94.9 Å². The number of amides is 1. The second-order valence-electron chi connectivity index (χ2n) is 8.34. The van der Waals surface area contributed by atoms with E-state index in [4.69, 9.17) is 16.3 Å². The summed E-state index contributed by atoms with van der Waals surface area (Å²) in [7, 11) is -6.72. The number of nitrogens with zero attached hydrogens (tertiary/aromatic N) is 3. The molecule has 11 nitrogen and oxygen atoms in total. The summed E-state index contributed by atoms with van der Waals surface area (Å²) in [5, 5.41) is 2.76. The van der Waals surface area contributed by atoms with Crippen LogP contribution in [0.1, 0.15) is 5.69 Å². The predicted molar refractivity (Wildman–Crippen MR) is 152 cm³/mol. The van der Waals surface area contributed by atoms with Crippen LogP contribution in [-0.4, -0.2) is 46.4 Å². The van der Waals surface area contributed by atoms with Gasteiger partial charge in [-0.2, -0.15) is 0 Å². The Bertz CT molecular complexity index is 1740. The fourth-order valence-corrected chi connectivity index (χ4v) is 6.21. The van der Waals surface area contributed by atoms with Gasteiger partial charge in [0.05, 0.1) is 27.6 Å². The minimum Gasteiger partial charge on any atom is -0.495 e. The third kappa shape index (κ3) is 6.68. The second-order valence-corrected chi connectivity index (χ2v) is 12.3. The number of ether oxygens (including phenoxy) is 1. The molecule has 0 unspecified atom stereocenters. The molecule has 3 aromatic carbocycles. The molecule has 40 heavy (non-hydrogen) atoms. The van der Waals surface area contributed by atoms with Crippen molar-refractivity contribution in [3.05, 3.63) is 95.8 Å². The highest BCUT2D eigenvalue weighted by molar-refractivity contribution is 7.93. The number of carbonyl (C=O) groups excluding carboxylic acids is 1. The maximum Gasteiger partial charge on any atom is 0.264 e. The van der Waals surface area contributed by atoms with Gasteiger partial charge in [-0.05, 0) is 67.6 Å². The largest absolute Gasteiger partial charge is 0.495 e. The molecule has 0 spiro atoms. The van der Waals surface area contributed by atoms with Crippen LogP contribution in [0.5, 0.6) is 5.75 Å². The van der Waals surface area contributed by atoms with Crippen molar-refractivity contribution >= 4 is 54.9 Å². The lowest BCUT2D eigenvalue weighted by Gasteiger charge is -2.24. The highest BCUT2D eigenvalue weighted by Gasteiger charge is 2.28. The van der Waals surface area contributed by atoms with E-state index in [0.29, 0.717) is 11.4 Å². The number of benzene rings is 3. The molecule has 208 valence electrons. The van der Waals surface area contributed by atoms with Gasteiger partial charge in [0.25, 0.3) is 20.0 Å². The maximum atomic E-state index is 13.5. The first-order chi connectivity index (χ1) is 19.0. The normalized spacial score (nSPS) is 11.5. The highest BCUT2D eigenvalue weighted by atomic mass is 35.5. The third-order valence-corrected chi connectivity index (χ3v) is 8.94. The molecule has 0 saturated carbocycles. The van der Waals surface area contributed by atoms with Crippen LogP contribution in [0.3, 0.4) is 0 Å². The minimum atomic E-state index is -4.16. The average molecular weight is 602 g/mol. The van der Waals surface area contributed by atoms with E-state index >= 15 is 0 Å². The van der Waals surface area contributed by atoms with Gasteiger partial charge in [-0.15, -0.1) is 0 Å². The quantitative estimate of drug-likeness (QED) is 0.276. The van der Waals surface area contributed by atoms with Gasteiger partial charge in [0.15, 0.2) is 0 Å². The molecular formula is C26H24ClN5O6S2. The number of aryl methyl sites for hydroxylation is 1. The zero-order valence-corrected chi connectivity index (χ0v) is 23.7. The maximum absolute atomic E-state index is 13.5. The van der Waals surface area contributed by atoms with Crippen molar-refractivity contribution in [3.63, 3.8) is 0 Å². The number of rotatable bonds is 10. The van der Waals surface area contributed by atoms with Crippen molar-refractivity contribution in [2.75, 3.05) is 28.0 Å². The predicted octanol–water partition coefficient (Wildman–Crippen LogP) is 4.08. The van der Waals surface area contributed by atoms with Gasteiger partial charge in [-0.1, -0.05) is 29.8 Å². The Labute approximate surface area is 236 Å². The van der Waals surface area contributed by atoms with Crippen LogP contribution in [0.2, 0.25) is 5.02 Å². The molecule has 0 aliphatic heterocycles. The second kappa shape index (κ2) is 11.9. The third-order valence-electron chi connectivity index (χ3n) is 5.51. The Morgan fingerprint density at radius 2 is 1.65 bits per heavy atom. The van der Waals surface area contributed by atoms with E-state index in [1.165, 1.54) is 67.9 Å². The van der Waals surface area contributed by atoms with Crippen molar-refractivity contribution in [1.82, 2.24) is 9.97 Å². The summed E-state index contributed by atoms with van der Waals surface area (Å²) >= 11 is 6.24. The first-order valence-corrected chi connectivity index (χ1v) is 14.9. The standard InChI is InChI=1S/C26H24ClN5O6S2/c1-18-14-15-28-26(29-18)31-39(34,35)21-11-8-19(9-12-21)30-25(33)17-32(20-10-13-24(38-2)23(27)16-20)40(36,37)22-6-4-3-5-7-22/h3-16H,17H2,1-2H3,(H,30,33)(H,28,29,31). The summed E-state index contributed by atoms with van der Waals surface area (Å²) in [5.74, 6) is -0.408. The summed E-state index contributed by atoms with van der Waals surface area (Å²) in [6.45, 7) is 1.11. The average Bonchev–Trinajstić information content (AvgIpc) is 2.92. The van der Waals surface area contributed by atoms with E-state index in [-0.39, 0.29) is 32.1 Å². The summed E-state index contributed by atoms with van der Waals surface area (Å²) < 4.78 is 60.8. The Kier molecular flexibility index (Phi) is 8.57. The summed E-state index contributed by atoms with van der Waals surface area (Å²) in [5.41, 5.74) is 0.988. The van der Waals surface area contributed by atoms with Crippen LogP contribution in [0, 0.1) is 6.92 Å². The lowest BCUT2D eigenvalue weighted by atomic mass is 10.3. The van der Waals surface area contributed by atoms with E-state index in [2.05, 4.69) is 20.0 Å². The Morgan fingerprint density at radius 3 is 2.27 bits per heavy atom. The van der Waals surface area contributed by atoms with Gasteiger partial charge < -0.3 is 10.1 Å². The van der Waals surface area contributed by atoms with Crippen molar-refractivity contribution in [1.29, 1.82) is 0 Å². The minimum absolute atomic E-state index is 0.0191. The van der Waals surface area contributed by atoms with Gasteiger partial charge in [0.2, 0.25) is 11.9 Å². The summed E-state index contributed by atoms with van der Waals surface area (Å²) in [6, 6.07) is 19.0. The molecule has 0 radical (unpaired) electrons. The zero-order valence-electron chi connectivity index (χ0n) is 21.3. The van der Waals surface area contributed by atoms with Crippen molar-refractivity contribution in [3.8, 4) is 5.75 Å². The summed E-state index contributed by atoms with van der Waals surface area (Å²) in [6.07, 6.45) is 1.43. The molecule has 0 saturated heterocycles. The van der Waals surface area contributed by atoms with Crippen molar-refractivity contribution in [2.45, 2.75) is 16.7 Å². The van der Waals surface area contributed by atoms with Crippen LogP contribution in [0.25, 0.3) is 0 Å².